The molecule has 4 nitrogen and oxygen atoms in total. The second kappa shape index (κ2) is 8.03. The standard InChI is InChI=1S/C17H25NO3/c1-13-7-8-14(2)16(11-13)21-10-4-6-17(19)18-12-15-5-3-9-20-15/h7-8,11,15H,3-6,9-10,12H2,1-2H3,(H,18,19). The Labute approximate surface area is 126 Å². The number of carbonyl (C=O) groups excluding carboxylic acids is 1. The van der Waals surface area contributed by atoms with Crippen LogP contribution in [-0.2, 0) is 9.53 Å². The minimum atomic E-state index is 0.0788. The molecule has 0 saturated carbocycles. The van der Waals surface area contributed by atoms with E-state index in [1.807, 2.05) is 19.9 Å². The molecule has 1 fully saturated rings. The summed E-state index contributed by atoms with van der Waals surface area (Å²) in [7, 11) is 0. The molecule has 1 heterocycles. The lowest BCUT2D eigenvalue weighted by Gasteiger charge is -2.12. The normalized spacial score (nSPS) is 17.7. The molecule has 1 atom stereocenters. The minimum absolute atomic E-state index is 0.0788. The van der Waals surface area contributed by atoms with Crippen LogP contribution in [0.3, 0.4) is 0 Å². The van der Waals surface area contributed by atoms with E-state index in [-0.39, 0.29) is 12.0 Å². The average molecular weight is 291 g/mol. The highest BCUT2D eigenvalue weighted by Crippen LogP contribution is 2.19. The molecule has 116 valence electrons. The van der Waals surface area contributed by atoms with Crippen LogP contribution in [-0.4, -0.2) is 31.8 Å². The van der Waals surface area contributed by atoms with Crippen molar-refractivity contribution in [3.05, 3.63) is 29.3 Å². The van der Waals surface area contributed by atoms with Crippen molar-refractivity contribution in [1.29, 1.82) is 0 Å². The number of carbonyl (C=O) groups is 1. The first-order valence-electron chi connectivity index (χ1n) is 7.73. The molecule has 21 heavy (non-hydrogen) atoms. The molecule has 0 spiro atoms. The van der Waals surface area contributed by atoms with Crippen molar-refractivity contribution in [2.24, 2.45) is 0 Å². The topological polar surface area (TPSA) is 47.6 Å². The summed E-state index contributed by atoms with van der Waals surface area (Å²) in [5.41, 5.74) is 2.31. The summed E-state index contributed by atoms with van der Waals surface area (Å²) in [6.45, 7) is 6.10. The highest BCUT2D eigenvalue weighted by atomic mass is 16.5. The van der Waals surface area contributed by atoms with Crippen molar-refractivity contribution in [2.45, 2.75) is 45.6 Å². The van der Waals surface area contributed by atoms with E-state index in [0.717, 1.165) is 37.2 Å². The maximum atomic E-state index is 11.7. The first kappa shape index (κ1) is 15.8. The lowest BCUT2D eigenvalue weighted by molar-refractivity contribution is -0.121. The number of ether oxygens (including phenoxy) is 2. The molecule has 1 aliphatic heterocycles. The van der Waals surface area contributed by atoms with Crippen LogP contribution in [0.15, 0.2) is 18.2 Å². The van der Waals surface area contributed by atoms with Gasteiger partial charge >= 0.3 is 0 Å². The number of hydrogen-bond acceptors (Lipinski definition) is 3. The van der Waals surface area contributed by atoms with Crippen LogP contribution in [0.2, 0.25) is 0 Å². The highest BCUT2D eigenvalue weighted by molar-refractivity contribution is 5.75. The molecule has 1 saturated heterocycles. The highest BCUT2D eigenvalue weighted by Gasteiger charge is 2.15. The van der Waals surface area contributed by atoms with Crippen molar-refractivity contribution in [3.63, 3.8) is 0 Å². The smallest absolute Gasteiger partial charge is 0.220 e. The van der Waals surface area contributed by atoms with Crippen molar-refractivity contribution < 1.29 is 14.3 Å². The fourth-order valence-electron chi connectivity index (χ4n) is 2.40. The van der Waals surface area contributed by atoms with Crippen LogP contribution in [0.1, 0.15) is 36.8 Å². The summed E-state index contributed by atoms with van der Waals surface area (Å²) < 4.78 is 11.2. The van der Waals surface area contributed by atoms with Crippen LogP contribution in [0.25, 0.3) is 0 Å². The average Bonchev–Trinajstić information content (AvgIpc) is 2.98. The van der Waals surface area contributed by atoms with Gasteiger partial charge in [0.2, 0.25) is 5.91 Å². The fourth-order valence-corrected chi connectivity index (χ4v) is 2.40. The summed E-state index contributed by atoms with van der Waals surface area (Å²) in [5, 5.41) is 2.92. The molecule has 0 radical (unpaired) electrons. The van der Waals surface area contributed by atoms with Crippen molar-refractivity contribution in [2.75, 3.05) is 19.8 Å². The molecule has 1 aromatic rings. The zero-order valence-corrected chi connectivity index (χ0v) is 13.0. The number of benzene rings is 1. The molecule has 1 unspecified atom stereocenters. The van der Waals surface area contributed by atoms with Gasteiger partial charge in [-0.1, -0.05) is 12.1 Å². The van der Waals surface area contributed by atoms with E-state index in [1.54, 1.807) is 0 Å². The van der Waals surface area contributed by atoms with E-state index in [4.69, 9.17) is 9.47 Å². The van der Waals surface area contributed by atoms with Gasteiger partial charge in [0.25, 0.3) is 0 Å². The molecular formula is C17H25NO3. The molecule has 1 N–H and O–H groups in total. The van der Waals surface area contributed by atoms with E-state index in [2.05, 4.69) is 17.4 Å². The van der Waals surface area contributed by atoms with Gasteiger partial charge in [-0.05, 0) is 50.3 Å². The van der Waals surface area contributed by atoms with Crippen molar-refractivity contribution in [3.8, 4) is 5.75 Å². The predicted molar refractivity (Wildman–Crippen MR) is 82.6 cm³/mol. The summed E-state index contributed by atoms with van der Waals surface area (Å²) in [6.07, 6.45) is 3.59. The Morgan fingerprint density at radius 3 is 3.05 bits per heavy atom. The Hall–Kier alpha value is -1.55. The summed E-state index contributed by atoms with van der Waals surface area (Å²) in [6, 6.07) is 6.16. The summed E-state index contributed by atoms with van der Waals surface area (Å²) in [4.78, 5) is 11.7. The maximum absolute atomic E-state index is 11.7. The van der Waals surface area contributed by atoms with Gasteiger partial charge in [-0.25, -0.2) is 0 Å². The summed E-state index contributed by atoms with van der Waals surface area (Å²) >= 11 is 0. The largest absolute Gasteiger partial charge is 0.493 e. The third-order valence-electron chi connectivity index (χ3n) is 3.70. The van der Waals surface area contributed by atoms with E-state index < -0.39 is 0 Å². The second-order valence-corrected chi connectivity index (χ2v) is 5.66. The molecule has 1 amide bonds. The fraction of sp³-hybridized carbons (Fsp3) is 0.588. The first-order chi connectivity index (χ1) is 10.1. The molecular weight excluding hydrogens is 266 g/mol. The molecule has 1 aliphatic rings. The number of hydrogen-bond donors (Lipinski definition) is 1. The van der Waals surface area contributed by atoms with Crippen LogP contribution in [0.5, 0.6) is 5.75 Å². The minimum Gasteiger partial charge on any atom is -0.493 e. The Balaban J connectivity index is 1.60. The van der Waals surface area contributed by atoms with Crippen LogP contribution >= 0.6 is 0 Å². The van der Waals surface area contributed by atoms with E-state index in [9.17, 15) is 4.79 Å². The van der Waals surface area contributed by atoms with Gasteiger partial charge in [0.15, 0.2) is 0 Å². The second-order valence-electron chi connectivity index (χ2n) is 5.66. The van der Waals surface area contributed by atoms with Crippen LogP contribution < -0.4 is 10.1 Å². The SMILES string of the molecule is Cc1ccc(C)c(OCCCC(=O)NCC2CCCO2)c1. The van der Waals surface area contributed by atoms with Crippen molar-refractivity contribution >= 4 is 5.91 Å². The monoisotopic (exact) mass is 291 g/mol. The van der Waals surface area contributed by atoms with E-state index in [0.29, 0.717) is 19.6 Å². The first-order valence-corrected chi connectivity index (χ1v) is 7.73. The zero-order chi connectivity index (χ0) is 15.1. The van der Waals surface area contributed by atoms with Gasteiger partial charge in [0.1, 0.15) is 5.75 Å². The van der Waals surface area contributed by atoms with Gasteiger partial charge in [-0.3, -0.25) is 4.79 Å². The van der Waals surface area contributed by atoms with Crippen LogP contribution in [0.4, 0.5) is 0 Å². The number of nitrogens with one attached hydrogen (secondary N) is 1. The summed E-state index contributed by atoms with van der Waals surface area (Å²) in [5.74, 6) is 0.991. The van der Waals surface area contributed by atoms with Crippen molar-refractivity contribution in [1.82, 2.24) is 5.32 Å². The van der Waals surface area contributed by atoms with Gasteiger partial charge < -0.3 is 14.8 Å². The van der Waals surface area contributed by atoms with Gasteiger partial charge in [-0.2, -0.15) is 0 Å². The Bertz CT molecular complexity index is 467. The molecule has 1 aromatic carbocycles. The van der Waals surface area contributed by atoms with Gasteiger partial charge in [0, 0.05) is 19.6 Å². The molecule has 4 heteroatoms. The van der Waals surface area contributed by atoms with Gasteiger partial charge in [0.05, 0.1) is 12.7 Å². The number of aryl methyl sites for hydroxylation is 2. The Morgan fingerprint density at radius 1 is 1.43 bits per heavy atom. The van der Waals surface area contributed by atoms with Gasteiger partial charge in [-0.15, -0.1) is 0 Å². The van der Waals surface area contributed by atoms with E-state index in [1.165, 1.54) is 5.56 Å². The predicted octanol–water partition coefficient (Wildman–Crippen LogP) is 2.76. The number of rotatable bonds is 7. The number of amides is 1. The lowest BCUT2D eigenvalue weighted by Crippen LogP contribution is -2.31. The Morgan fingerprint density at radius 2 is 2.29 bits per heavy atom. The quantitative estimate of drug-likeness (QED) is 0.786. The van der Waals surface area contributed by atoms with Crippen LogP contribution in [0, 0.1) is 13.8 Å². The lowest BCUT2D eigenvalue weighted by atomic mass is 10.1. The molecule has 2 rings (SSSR count). The maximum Gasteiger partial charge on any atom is 0.220 e. The molecule has 0 bridgehead atoms. The molecule has 0 aromatic heterocycles. The third-order valence-corrected chi connectivity index (χ3v) is 3.70. The van der Waals surface area contributed by atoms with E-state index >= 15 is 0 Å². The molecule has 0 aliphatic carbocycles. The zero-order valence-electron chi connectivity index (χ0n) is 13.0. The Kier molecular flexibility index (Phi) is 6.05. The third kappa shape index (κ3) is 5.38.